The molecule has 0 spiro atoms. The number of benzene rings is 1. The number of thioether (sulfide) groups is 1. The maximum atomic E-state index is 11.9. The molecule has 7 nitrogen and oxygen atoms in total. The van der Waals surface area contributed by atoms with E-state index in [1.54, 1.807) is 19.1 Å². The van der Waals surface area contributed by atoms with Crippen LogP contribution in [0.25, 0.3) is 11.3 Å². The predicted octanol–water partition coefficient (Wildman–Crippen LogP) is 2.12. The first kappa shape index (κ1) is 17.7. The van der Waals surface area contributed by atoms with Gasteiger partial charge in [-0.15, -0.1) is 11.3 Å². The van der Waals surface area contributed by atoms with Gasteiger partial charge < -0.3 is 5.11 Å². The van der Waals surface area contributed by atoms with Crippen LogP contribution >= 0.6 is 34.7 Å². The molecule has 3 aromatic rings. The Morgan fingerprint density at radius 1 is 1.40 bits per heavy atom. The minimum atomic E-state index is -0.310. The van der Waals surface area contributed by atoms with E-state index in [4.69, 9.17) is 16.1 Å². The second kappa shape index (κ2) is 7.85. The minimum absolute atomic E-state index is 0.167. The Morgan fingerprint density at radius 2 is 2.16 bits per heavy atom. The van der Waals surface area contributed by atoms with Crippen LogP contribution in [-0.4, -0.2) is 36.0 Å². The van der Waals surface area contributed by atoms with Gasteiger partial charge in [-0.3, -0.25) is 4.52 Å². The van der Waals surface area contributed by atoms with E-state index in [1.807, 2.05) is 29.6 Å². The number of thiazole rings is 1. The topological polar surface area (TPSA) is 81.5 Å². The van der Waals surface area contributed by atoms with Gasteiger partial charge in [-0.1, -0.05) is 35.5 Å². The molecule has 130 valence electrons. The molecule has 1 aromatic carbocycles. The molecule has 2 heterocycles. The largest absolute Gasteiger partial charge is 0.861 e. The van der Waals surface area contributed by atoms with Gasteiger partial charge in [0.15, 0.2) is 4.34 Å². The molecule has 0 bridgehead atoms. The standard InChI is InChI=1S/C15H14ClN5O2S2/c1-20(2)21-7-14(23-19-21)18-13(22)9-25-15-17-12(8-24-15)10-3-5-11(16)6-4-10/h3-8H,9H2,1-2H3. The highest BCUT2D eigenvalue weighted by atomic mass is 35.5. The van der Waals surface area contributed by atoms with E-state index < -0.39 is 0 Å². The number of aliphatic imine (C=N–C) groups is 1. The Hall–Kier alpha value is -2.10. The zero-order valence-electron chi connectivity index (χ0n) is 13.4. The van der Waals surface area contributed by atoms with E-state index in [-0.39, 0.29) is 17.5 Å². The first-order valence-corrected chi connectivity index (χ1v) is 9.40. The monoisotopic (exact) mass is 395 g/mol. The first-order valence-electron chi connectivity index (χ1n) is 7.16. The van der Waals surface area contributed by atoms with Crippen LogP contribution in [0.4, 0.5) is 5.88 Å². The Bertz CT molecular complexity index is 876. The molecule has 0 fully saturated rings. The van der Waals surface area contributed by atoms with Gasteiger partial charge in [0.05, 0.1) is 24.6 Å². The second-order valence-corrected chi connectivity index (χ2v) is 7.62. The summed E-state index contributed by atoms with van der Waals surface area (Å²) >= 11 is 8.71. The fraction of sp³-hybridized carbons (Fsp3) is 0.200. The van der Waals surface area contributed by atoms with Crippen molar-refractivity contribution >= 4 is 46.5 Å². The van der Waals surface area contributed by atoms with Crippen molar-refractivity contribution in [1.82, 2.24) is 10.3 Å². The molecule has 0 N–H and O–H groups in total. The number of halogens is 1. The molecule has 10 heteroatoms. The lowest BCUT2D eigenvalue weighted by Crippen LogP contribution is -2.53. The molecular weight excluding hydrogens is 382 g/mol. The summed E-state index contributed by atoms with van der Waals surface area (Å²) in [4.78, 5) is 9.83. The molecule has 0 aliphatic carbocycles. The van der Waals surface area contributed by atoms with Gasteiger partial charge in [0.2, 0.25) is 5.27 Å². The molecule has 3 rings (SSSR count). The zero-order valence-corrected chi connectivity index (χ0v) is 15.8. The summed E-state index contributed by atoms with van der Waals surface area (Å²) in [5.74, 6) is 0.0338. The van der Waals surface area contributed by atoms with E-state index >= 15 is 0 Å². The van der Waals surface area contributed by atoms with Gasteiger partial charge in [-0.05, 0) is 18.0 Å². The predicted molar refractivity (Wildman–Crippen MR) is 97.1 cm³/mol. The molecule has 0 radical (unpaired) electrons. The van der Waals surface area contributed by atoms with Crippen LogP contribution in [0.5, 0.6) is 0 Å². The highest BCUT2D eigenvalue weighted by Gasteiger charge is 2.12. The van der Waals surface area contributed by atoms with Crippen LogP contribution in [0.15, 0.2) is 49.7 Å². The van der Waals surface area contributed by atoms with E-state index in [0.29, 0.717) is 5.02 Å². The summed E-state index contributed by atoms with van der Waals surface area (Å²) in [6.07, 6.45) is 1.53. The van der Waals surface area contributed by atoms with E-state index in [2.05, 4.69) is 15.2 Å². The number of aromatic nitrogens is 3. The quantitative estimate of drug-likeness (QED) is 0.275. The van der Waals surface area contributed by atoms with E-state index in [9.17, 15) is 5.11 Å². The molecule has 25 heavy (non-hydrogen) atoms. The Morgan fingerprint density at radius 3 is 2.84 bits per heavy atom. The zero-order chi connectivity index (χ0) is 17.8. The van der Waals surface area contributed by atoms with Gasteiger partial charge in [-0.25, -0.2) is 9.98 Å². The summed E-state index contributed by atoms with van der Waals surface area (Å²) < 4.78 is 5.77. The van der Waals surface area contributed by atoms with Gasteiger partial charge in [0, 0.05) is 21.7 Å². The highest BCUT2D eigenvalue weighted by Crippen LogP contribution is 2.28. The van der Waals surface area contributed by atoms with Crippen LogP contribution < -0.4 is 14.9 Å². The van der Waals surface area contributed by atoms with Gasteiger partial charge >= 0.3 is 5.88 Å². The Kier molecular flexibility index (Phi) is 5.57. The Balaban J connectivity index is 1.61. The number of nitrogens with zero attached hydrogens (tertiary/aromatic N) is 5. The SMILES string of the molecule is CN(C)[n+]1cc(/N=C(\[O-])CSc2nc(-c3ccc(Cl)cc3)cs2)on1. The van der Waals surface area contributed by atoms with E-state index in [0.717, 1.165) is 15.6 Å². The van der Waals surface area contributed by atoms with Crippen molar-refractivity contribution in [3.05, 3.63) is 40.9 Å². The summed E-state index contributed by atoms with van der Waals surface area (Å²) in [6, 6.07) is 7.47. The number of hydrogen-bond donors (Lipinski definition) is 0. The molecule has 2 aromatic heterocycles. The van der Waals surface area contributed by atoms with Crippen LogP contribution in [0.1, 0.15) is 0 Å². The fourth-order valence-corrected chi connectivity index (χ4v) is 3.57. The molecule has 0 aliphatic rings. The van der Waals surface area contributed by atoms with Crippen LogP contribution in [0.2, 0.25) is 5.02 Å². The van der Waals surface area contributed by atoms with Crippen molar-refractivity contribution in [2.24, 2.45) is 4.99 Å². The maximum absolute atomic E-state index is 11.9. The van der Waals surface area contributed by atoms with Crippen LogP contribution in [0, 0.1) is 0 Å². The van der Waals surface area contributed by atoms with Gasteiger partial charge in [0.1, 0.15) is 0 Å². The maximum Gasteiger partial charge on any atom is 0.324 e. The average molecular weight is 396 g/mol. The second-order valence-electron chi connectivity index (χ2n) is 5.11. The summed E-state index contributed by atoms with van der Waals surface area (Å²) in [7, 11) is 3.59. The summed E-state index contributed by atoms with van der Waals surface area (Å²) in [6.45, 7) is 0. The molecule has 0 atom stereocenters. The third kappa shape index (κ3) is 4.71. The molecule has 0 amide bonds. The van der Waals surface area contributed by atoms with Crippen molar-refractivity contribution < 1.29 is 14.4 Å². The van der Waals surface area contributed by atoms with Crippen LogP contribution in [0.3, 0.4) is 0 Å². The Labute approximate surface area is 157 Å². The van der Waals surface area contributed by atoms with Gasteiger partial charge in [0.25, 0.3) is 6.20 Å². The third-order valence-electron chi connectivity index (χ3n) is 3.03. The lowest BCUT2D eigenvalue weighted by atomic mass is 10.2. The highest BCUT2D eigenvalue weighted by molar-refractivity contribution is 8.01. The number of rotatable bonds is 6. The van der Waals surface area contributed by atoms with Crippen molar-refractivity contribution in [1.29, 1.82) is 0 Å². The lowest BCUT2D eigenvalue weighted by Gasteiger charge is -2.06. The lowest BCUT2D eigenvalue weighted by molar-refractivity contribution is -0.753. The van der Waals surface area contributed by atoms with E-state index in [1.165, 1.54) is 34.1 Å². The third-order valence-corrected chi connectivity index (χ3v) is 5.29. The van der Waals surface area contributed by atoms with Crippen molar-refractivity contribution in [2.45, 2.75) is 4.34 Å². The average Bonchev–Trinajstić information content (AvgIpc) is 3.23. The van der Waals surface area contributed by atoms with Crippen LogP contribution in [-0.2, 0) is 0 Å². The molecule has 0 aliphatic heterocycles. The van der Waals surface area contributed by atoms with Crippen molar-refractivity contribution in [2.75, 3.05) is 24.9 Å². The molecular formula is C15H14ClN5O2S2. The minimum Gasteiger partial charge on any atom is -0.861 e. The summed E-state index contributed by atoms with van der Waals surface area (Å²) in [5.41, 5.74) is 1.84. The number of hydrogen-bond acceptors (Lipinski definition) is 8. The van der Waals surface area contributed by atoms with Crippen molar-refractivity contribution in [3.8, 4) is 11.3 Å². The molecule has 0 saturated carbocycles. The molecule has 0 unspecified atom stereocenters. The summed E-state index contributed by atoms with van der Waals surface area (Å²) in [5, 5.41) is 20.0. The first-order chi connectivity index (χ1) is 12.0. The smallest absolute Gasteiger partial charge is 0.324 e. The van der Waals surface area contributed by atoms with Crippen molar-refractivity contribution in [3.63, 3.8) is 0 Å². The van der Waals surface area contributed by atoms with Gasteiger partial charge in [-0.2, -0.15) is 5.01 Å². The molecule has 0 saturated heterocycles. The fourth-order valence-electron chi connectivity index (χ4n) is 1.82. The normalized spacial score (nSPS) is 11.7.